The zero-order chi connectivity index (χ0) is 18.8. The van der Waals surface area contributed by atoms with Crippen molar-refractivity contribution in [2.45, 2.75) is 38.3 Å². The SMILES string of the molecule is CC(N)C[C@H](Oc1ccccc1)P(=O)(O)CCCOCc1ccccc1. The molecule has 0 spiro atoms. The summed E-state index contributed by atoms with van der Waals surface area (Å²) in [6.45, 7) is 2.74. The van der Waals surface area contributed by atoms with Gasteiger partial charge in [0.05, 0.1) is 6.61 Å². The maximum Gasteiger partial charge on any atom is 0.240 e. The van der Waals surface area contributed by atoms with Crippen LogP contribution in [0, 0.1) is 0 Å². The molecule has 3 N–H and O–H groups in total. The van der Waals surface area contributed by atoms with E-state index in [1.807, 2.05) is 55.5 Å². The summed E-state index contributed by atoms with van der Waals surface area (Å²) in [5.41, 5.74) is 6.93. The molecule has 0 radical (unpaired) electrons. The second-order valence-electron chi connectivity index (χ2n) is 6.47. The molecule has 0 aromatic heterocycles. The molecule has 2 aromatic carbocycles. The van der Waals surface area contributed by atoms with E-state index in [2.05, 4.69) is 0 Å². The molecular formula is C20H28NO4P. The monoisotopic (exact) mass is 377 g/mol. The highest BCUT2D eigenvalue weighted by Crippen LogP contribution is 2.49. The van der Waals surface area contributed by atoms with E-state index >= 15 is 0 Å². The molecule has 0 aliphatic heterocycles. The van der Waals surface area contributed by atoms with E-state index in [1.165, 1.54) is 0 Å². The molecule has 0 aliphatic rings. The Bertz CT molecular complexity index is 679. The van der Waals surface area contributed by atoms with Crippen LogP contribution < -0.4 is 10.5 Å². The second-order valence-corrected chi connectivity index (χ2v) is 9.00. The van der Waals surface area contributed by atoms with Crippen LogP contribution in [-0.4, -0.2) is 29.5 Å². The number of benzene rings is 2. The van der Waals surface area contributed by atoms with Crippen LogP contribution in [0.15, 0.2) is 60.7 Å². The predicted octanol–water partition coefficient (Wildman–Crippen LogP) is 4.01. The molecule has 0 amide bonds. The average molecular weight is 377 g/mol. The lowest BCUT2D eigenvalue weighted by molar-refractivity contribution is 0.121. The van der Waals surface area contributed by atoms with Crippen LogP contribution in [0.5, 0.6) is 5.75 Å². The van der Waals surface area contributed by atoms with Gasteiger partial charge in [-0.25, -0.2) is 0 Å². The van der Waals surface area contributed by atoms with Crippen LogP contribution in [0.4, 0.5) is 0 Å². The molecule has 5 nitrogen and oxygen atoms in total. The van der Waals surface area contributed by atoms with Gasteiger partial charge in [-0.15, -0.1) is 0 Å². The molecule has 0 bridgehead atoms. The van der Waals surface area contributed by atoms with Crippen LogP contribution >= 0.6 is 7.37 Å². The van der Waals surface area contributed by atoms with Crippen molar-refractivity contribution >= 4 is 7.37 Å². The molecule has 0 saturated heterocycles. The molecule has 6 heteroatoms. The smallest absolute Gasteiger partial charge is 0.240 e. The molecular weight excluding hydrogens is 349 g/mol. The van der Waals surface area contributed by atoms with Crippen LogP contribution in [0.3, 0.4) is 0 Å². The zero-order valence-corrected chi connectivity index (χ0v) is 16.1. The van der Waals surface area contributed by atoms with Crippen molar-refractivity contribution in [2.24, 2.45) is 5.73 Å². The van der Waals surface area contributed by atoms with Gasteiger partial charge >= 0.3 is 0 Å². The van der Waals surface area contributed by atoms with Crippen molar-refractivity contribution < 1.29 is 18.9 Å². The van der Waals surface area contributed by atoms with Crippen molar-refractivity contribution in [1.82, 2.24) is 0 Å². The third-order valence-corrected chi connectivity index (χ3v) is 6.09. The third kappa shape index (κ3) is 7.30. The normalized spacial score (nSPS) is 15.8. The van der Waals surface area contributed by atoms with Crippen molar-refractivity contribution in [2.75, 3.05) is 12.8 Å². The fourth-order valence-electron chi connectivity index (χ4n) is 2.57. The zero-order valence-electron chi connectivity index (χ0n) is 15.2. The van der Waals surface area contributed by atoms with Crippen LogP contribution in [-0.2, 0) is 15.9 Å². The highest BCUT2D eigenvalue weighted by Gasteiger charge is 2.33. The molecule has 0 saturated carbocycles. The summed E-state index contributed by atoms with van der Waals surface area (Å²) in [6.07, 6.45) is 0.966. The maximum atomic E-state index is 12.8. The Labute approximate surface area is 155 Å². The van der Waals surface area contributed by atoms with Crippen LogP contribution in [0.1, 0.15) is 25.3 Å². The molecule has 0 aliphatic carbocycles. The lowest BCUT2D eigenvalue weighted by Gasteiger charge is -2.25. The summed E-state index contributed by atoms with van der Waals surface area (Å²) in [5, 5.41) is 0. The van der Waals surface area contributed by atoms with E-state index in [-0.39, 0.29) is 12.2 Å². The maximum absolute atomic E-state index is 12.8. The molecule has 2 unspecified atom stereocenters. The lowest BCUT2D eigenvalue weighted by Crippen LogP contribution is -2.28. The van der Waals surface area contributed by atoms with E-state index in [4.69, 9.17) is 15.2 Å². The molecule has 3 atom stereocenters. The Morgan fingerprint density at radius 1 is 1.08 bits per heavy atom. The van der Waals surface area contributed by atoms with Gasteiger partial charge < -0.3 is 20.1 Å². The van der Waals surface area contributed by atoms with Gasteiger partial charge in [-0.1, -0.05) is 48.5 Å². The molecule has 2 aromatic rings. The summed E-state index contributed by atoms with van der Waals surface area (Å²) in [7, 11) is -3.52. The summed E-state index contributed by atoms with van der Waals surface area (Å²) in [6, 6.07) is 18.7. The van der Waals surface area contributed by atoms with E-state index in [0.29, 0.717) is 31.8 Å². The van der Waals surface area contributed by atoms with Gasteiger partial charge in [0.1, 0.15) is 5.75 Å². The van der Waals surface area contributed by atoms with Crippen molar-refractivity contribution in [3.8, 4) is 5.75 Å². The molecule has 2 rings (SSSR count). The standard InChI is InChI=1S/C20H28NO4P/c1-17(21)15-20(25-19-11-6-3-7-12-19)26(22,23)14-8-13-24-16-18-9-4-2-5-10-18/h2-7,9-12,17,20H,8,13-16,21H2,1H3,(H,22,23)/t17?,20-/m1/s1. The first-order valence-corrected chi connectivity index (χ1v) is 10.8. The van der Waals surface area contributed by atoms with Gasteiger partial charge in [-0.3, -0.25) is 4.57 Å². The minimum atomic E-state index is -3.52. The van der Waals surface area contributed by atoms with Crippen molar-refractivity contribution in [1.29, 1.82) is 0 Å². The number of hydrogen-bond acceptors (Lipinski definition) is 4. The van der Waals surface area contributed by atoms with E-state index in [0.717, 1.165) is 5.56 Å². The number of nitrogens with two attached hydrogens (primary N) is 1. The van der Waals surface area contributed by atoms with Crippen LogP contribution in [0.2, 0.25) is 0 Å². The Kier molecular flexibility index (Phi) is 8.33. The van der Waals surface area contributed by atoms with Gasteiger partial charge in [0.25, 0.3) is 0 Å². The van der Waals surface area contributed by atoms with Gasteiger partial charge in [0.2, 0.25) is 7.37 Å². The predicted molar refractivity (Wildman–Crippen MR) is 105 cm³/mol. The van der Waals surface area contributed by atoms with E-state index < -0.39 is 13.2 Å². The average Bonchev–Trinajstić information content (AvgIpc) is 2.62. The Morgan fingerprint density at radius 2 is 1.69 bits per heavy atom. The minimum Gasteiger partial charge on any atom is -0.480 e. The van der Waals surface area contributed by atoms with Crippen molar-refractivity contribution in [3.63, 3.8) is 0 Å². The highest BCUT2D eigenvalue weighted by molar-refractivity contribution is 7.58. The topological polar surface area (TPSA) is 81.8 Å². The quantitative estimate of drug-likeness (QED) is 0.457. The van der Waals surface area contributed by atoms with Crippen molar-refractivity contribution in [3.05, 3.63) is 66.2 Å². The molecule has 0 heterocycles. The van der Waals surface area contributed by atoms with Gasteiger partial charge in [0.15, 0.2) is 5.85 Å². The van der Waals surface area contributed by atoms with Gasteiger partial charge in [-0.2, -0.15) is 0 Å². The third-order valence-electron chi connectivity index (χ3n) is 3.92. The fraction of sp³-hybridized carbons (Fsp3) is 0.400. The number of ether oxygens (including phenoxy) is 2. The number of hydrogen-bond donors (Lipinski definition) is 2. The Morgan fingerprint density at radius 3 is 2.31 bits per heavy atom. The highest BCUT2D eigenvalue weighted by atomic mass is 31.2. The fourth-order valence-corrected chi connectivity index (χ4v) is 4.39. The Hall–Kier alpha value is -1.65. The summed E-state index contributed by atoms with van der Waals surface area (Å²) < 4.78 is 24.2. The van der Waals surface area contributed by atoms with E-state index in [1.54, 1.807) is 12.1 Å². The molecule has 142 valence electrons. The van der Waals surface area contributed by atoms with E-state index in [9.17, 15) is 9.46 Å². The molecule has 0 fully saturated rings. The summed E-state index contributed by atoms with van der Waals surface area (Å²) >= 11 is 0. The Balaban J connectivity index is 1.84. The minimum absolute atomic E-state index is 0.145. The second kappa shape index (κ2) is 10.5. The lowest BCUT2D eigenvalue weighted by atomic mass is 10.2. The largest absolute Gasteiger partial charge is 0.480 e. The first-order valence-electron chi connectivity index (χ1n) is 8.88. The first kappa shape index (κ1) is 20.7. The van der Waals surface area contributed by atoms with Gasteiger partial charge in [0, 0.05) is 25.2 Å². The summed E-state index contributed by atoms with van der Waals surface area (Å²) in [5.74, 6) is -0.230. The first-order chi connectivity index (χ1) is 12.5. The van der Waals surface area contributed by atoms with Gasteiger partial charge in [-0.05, 0) is 31.0 Å². The van der Waals surface area contributed by atoms with Crippen LogP contribution in [0.25, 0.3) is 0 Å². The molecule has 26 heavy (non-hydrogen) atoms. The summed E-state index contributed by atoms with van der Waals surface area (Å²) in [4.78, 5) is 10.5. The number of para-hydroxylation sites is 1. The number of rotatable bonds is 11.